The molecule has 0 radical (unpaired) electrons. The summed E-state index contributed by atoms with van der Waals surface area (Å²) >= 11 is 0. The van der Waals surface area contributed by atoms with Crippen LogP contribution in [0.25, 0.3) is 0 Å². The number of carbonyl (C=O) groups is 3. The third-order valence-corrected chi connectivity index (χ3v) is 6.00. The Morgan fingerprint density at radius 3 is 2.03 bits per heavy atom. The number of hydrogen-bond donors (Lipinski definition) is 3. The fourth-order valence-electron chi connectivity index (χ4n) is 3.90. The summed E-state index contributed by atoms with van der Waals surface area (Å²) in [7, 11) is 3.31. The highest BCUT2D eigenvalue weighted by Gasteiger charge is 2.40. The second kappa shape index (κ2) is 10.2. The van der Waals surface area contributed by atoms with Crippen molar-refractivity contribution in [3.63, 3.8) is 0 Å². The molecular formula is C26H35N3O4. The van der Waals surface area contributed by atoms with E-state index in [0.717, 1.165) is 5.56 Å². The Morgan fingerprint density at radius 2 is 1.52 bits per heavy atom. The maximum Gasteiger partial charge on any atom is 0.335 e. The topological polar surface area (TPSA) is 98.7 Å². The van der Waals surface area contributed by atoms with Crippen LogP contribution in [0.1, 0.15) is 50.5 Å². The number of hydrogen-bond acceptors (Lipinski definition) is 4. The van der Waals surface area contributed by atoms with E-state index in [4.69, 9.17) is 0 Å². The van der Waals surface area contributed by atoms with Crippen molar-refractivity contribution in [2.75, 3.05) is 19.0 Å². The standard InChI is InChI=1S/C26H35N3O4/c1-25(2,3)21(23(31)29(7)19-15-11-12-17(16-19)24(32)33)28-22(30)20(27-6)26(4,5)18-13-9-8-10-14-18/h8-16,20-21,27H,1-7H3,(H,28,30)(H,32,33). The first-order valence-electron chi connectivity index (χ1n) is 10.9. The zero-order chi connectivity index (χ0) is 25.0. The molecule has 0 saturated carbocycles. The van der Waals surface area contributed by atoms with Gasteiger partial charge >= 0.3 is 5.97 Å². The summed E-state index contributed by atoms with van der Waals surface area (Å²) < 4.78 is 0. The molecule has 0 aromatic heterocycles. The number of aromatic carboxylic acids is 1. The van der Waals surface area contributed by atoms with Gasteiger partial charge in [-0.05, 0) is 36.2 Å². The van der Waals surface area contributed by atoms with Crippen LogP contribution in [0.5, 0.6) is 0 Å². The molecule has 2 amide bonds. The fourth-order valence-corrected chi connectivity index (χ4v) is 3.90. The first-order chi connectivity index (χ1) is 15.3. The minimum Gasteiger partial charge on any atom is -0.478 e. The highest BCUT2D eigenvalue weighted by atomic mass is 16.4. The molecule has 0 bridgehead atoms. The molecule has 7 heteroatoms. The van der Waals surface area contributed by atoms with E-state index in [-0.39, 0.29) is 17.4 Å². The molecule has 0 aliphatic carbocycles. The minimum absolute atomic E-state index is 0.0864. The third-order valence-electron chi connectivity index (χ3n) is 6.00. The largest absolute Gasteiger partial charge is 0.478 e. The van der Waals surface area contributed by atoms with E-state index in [1.54, 1.807) is 26.2 Å². The molecule has 0 saturated heterocycles. The zero-order valence-corrected chi connectivity index (χ0v) is 20.5. The molecule has 2 rings (SSSR count). The predicted molar refractivity (Wildman–Crippen MR) is 131 cm³/mol. The van der Waals surface area contributed by atoms with Gasteiger partial charge < -0.3 is 20.6 Å². The van der Waals surface area contributed by atoms with Crippen molar-refractivity contribution in [3.8, 4) is 0 Å². The average molecular weight is 454 g/mol. The maximum absolute atomic E-state index is 13.5. The number of anilines is 1. The maximum atomic E-state index is 13.5. The first kappa shape index (κ1) is 26.1. The Bertz CT molecular complexity index is 996. The Balaban J connectivity index is 2.33. The van der Waals surface area contributed by atoms with E-state index in [0.29, 0.717) is 5.69 Å². The van der Waals surface area contributed by atoms with Crippen LogP contribution in [-0.2, 0) is 15.0 Å². The predicted octanol–water partition coefficient (Wildman–Crippen LogP) is 3.44. The molecule has 0 aliphatic rings. The van der Waals surface area contributed by atoms with Crippen LogP contribution >= 0.6 is 0 Å². The van der Waals surface area contributed by atoms with E-state index in [1.165, 1.54) is 17.0 Å². The number of likely N-dealkylation sites (N-methyl/N-ethyl adjacent to an activating group) is 2. The minimum atomic E-state index is -1.07. The van der Waals surface area contributed by atoms with E-state index in [2.05, 4.69) is 10.6 Å². The van der Waals surface area contributed by atoms with Crippen molar-refractivity contribution in [1.82, 2.24) is 10.6 Å². The Kier molecular flexibility index (Phi) is 8.03. The SMILES string of the molecule is CNC(C(=O)NC(C(=O)N(C)c1cccc(C(=O)O)c1)C(C)(C)C)C(C)(C)c1ccccc1. The van der Waals surface area contributed by atoms with Gasteiger partial charge in [-0.25, -0.2) is 4.79 Å². The average Bonchev–Trinajstić information content (AvgIpc) is 2.76. The van der Waals surface area contributed by atoms with Crippen molar-refractivity contribution in [3.05, 3.63) is 65.7 Å². The summed E-state index contributed by atoms with van der Waals surface area (Å²) in [5, 5.41) is 15.4. The van der Waals surface area contributed by atoms with Crippen LogP contribution in [-0.4, -0.2) is 49.1 Å². The molecule has 33 heavy (non-hydrogen) atoms. The van der Waals surface area contributed by atoms with Crippen molar-refractivity contribution in [2.24, 2.45) is 5.41 Å². The van der Waals surface area contributed by atoms with Gasteiger partial charge in [-0.15, -0.1) is 0 Å². The van der Waals surface area contributed by atoms with Gasteiger partial charge in [0.15, 0.2) is 0 Å². The number of amides is 2. The van der Waals surface area contributed by atoms with Crippen LogP contribution in [0.15, 0.2) is 54.6 Å². The van der Waals surface area contributed by atoms with E-state index in [1.807, 2.05) is 65.0 Å². The molecule has 2 atom stereocenters. The number of nitrogens with zero attached hydrogens (tertiary/aromatic N) is 1. The summed E-state index contributed by atoms with van der Waals surface area (Å²) in [6.45, 7) is 9.62. The molecule has 0 heterocycles. The number of benzene rings is 2. The molecule has 2 aromatic rings. The summed E-state index contributed by atoms with van der Waals surface area (Å²) in [5.41, 5.74) is 0.413. The monoisotopic (exact) mass is 453 g/mol. The van der Waals surface area contributed by atoms with Crippen LogP contribution in [0.2, 0.25) is 0 Å². The van der Waals surface area contributed by atoms with Gasteiger partial charge in [0.25, 0.3) is 0 Å². The normalized spacial score (nSPS) is 13.7. The van der Waals surface area contributed by atoms with Gasteiger partial charge in [0, 0.05) is 18.2 Å². The number of rotatable bonds is 8. The first-order valence-corrected chi connectivity index (χ1v) is 10.9. The molecule has 0 fully saturated rings. The highest BCUT2D eigenvalue weighted by molar-refractivity contribution is 6.01. The van der Waals surface area contributed by atoms with Gasteiger partial charge in [0.2, 0.25) is 11.8 Å². The van der Waals surface area contributed by atoms with Gasteiger partial charge in [-0.2, -0.15) is 0 Å². The van der Waals surface area contributed by atoms with E-state index in [9.17, 15) is 19.5 Å². The lowest BCUT2D eigenvalue weighted by Gasteiger charge is -2.38. The molecule has 3 N–H and O–H groups in total. The lowest BCUT2D eigenvalue weighted by Crippen LogP contribution is -2.60. The van der Waals surface area contributed by atoms with Crippen LogP contribution in [0, 0.1) is 5.41 Å². The molecule has 0 aliphatic heterocycles. The molecule has 2 unspecified atom stereocenters. The van der Waals surface area contributed by atoms with Crippen LogP contribution in [0.3, 0.4) is 0 Å². The van der Waals surface area contributed by atoms with Gasteiger partial charge in [-0.3, -0.25) is 9.59 Å². The summed E-state index contributed by atoms with van der Waals surface area (Å²) in [6, 6.07) is 14.5. The van der Waals surface area contributed by atoms with Gasteiger partial charge in [0.1, 0.15) is 6.04 Å². The zero-order valence-electron chi connectivity index (χ0n) is 20.5. The fraction of sp³-hybridized carbons (Fsp3) is 0.423. The van der Waals surface area contributed by atoms with Crippen molar-refractivity contribution >= 4 is 23.5 Å². The summed E-state index contributed by atoms with van der Waals surface area (Å²) in [4.78, 5) is 39.6. The van der Waals surface area contributed by atoms with Gasteiger partial charge in [-0.1, -0.05) is 71.0 Å². The highest BCUT2D eigenvalue weighted by Crippen LogP contribution is 2.29. The van der Waals surface area contributed by atoms with Crippen LogP contribution in [0.4, 0.5) is 5.69 Å². The van der Waals surface area contributed by atoms with Crippen LogP contribution < -0.4 is 15.5 Å². The smallest absolute Gasteiger partial charge is 0.335 e. The van der Waals surface area contributed by atoms with Crippen molar-refractivity contribution in [2.45, 2.75) is 52.1 Å². The molecule has 7 nitrogen and oxygen atoms in total. The molecule has 2 aromatic carbocycles. The van der Waals surface area contributed by atoms with Crippen molar-refractivity contribution in [1.29, 1.82) is 0 Å². The quantitative estimate of drug-likeness (QED) is 0.569. The Hall–Kier alpha value is -3.19. The van der Waals surface area contributed by atoms with E-state index >= 15 is 0 Å². The lowest BCUT2D eigenvalue weighted by molar-refractivity contribution is -0.131. The number of carbonyl (C=O) groups excluding carboxylic acids is 2. The number of carboxylic acids is 1. The van der Waals surface area contributed by atoms with Crippen molar-refractivity contribution < 1.29 is 19.5 Å². The number of nitrogens with one attached hydrogen (secondary N) is 2. The van der Waals surface area contributed by atoms with Gasteiger partial charge in [0.05, 0.1) is 11.6 Å². The molecular weight excluding hydrogens is 418 g/mol. The second-order valence-corrected chi connectivity index (χ2v) is 9.87. The summed E-state index contributed by atoms with van der Waals surface area (Å²) in [5.74, 6) is -1.68. The third kappa shape index (κ3) is 5.99. The molecule has 0 spiro atoms. The van der Waals surface area contributed by atoms with E-state index < -0.39 is 28.9 Å². The molecule has 178 valence electrons. The second-order valence-electron chi connectivity index (χ2n) is 9.87. The lowest BCUT2D eigenvalue weighted by atomic mass is 9.76. The summed E-state index contributed by atoms with van der Waals surface area (Å²) in [6.07, 6.45) is 0. The Morgan fingerprint density at radius 1 is 0.909 bits per heavy atom. The number of carboxylic acid groups (broad SMARTS) is 1. The Labute approximate surface area is 196 Å².